The average Bonchev–Trinajstić information content (AvgIpc) is 3.22. The Morgan fingerprint density at radius 2 is 2.13 bits per heavy atom. The number of hydrogen-bond acceptors (Lipinski definition) is 3. The van der Waals surface area contributed by atoms with Crippen LogP contribution in [-0.4, -0.2) is 22.5 Å². The predicted octanol–water partition coefficient (Wildman–Crippen LogP) is 3.92. The van der Waals surface area contributed by atoms with Gasteiger partial charge in [-0.05, 0) is 31.2 Å². The van der Waals surface area contributed by atoms with Gasteiger partial charge >= 0.3 is 0 Å². The van der Waals surface area contributed by atoms with Crippen molar-refractivity contribution in [2.45, 2.75) is 51.5 Å². The summed E-state index contributed by atoms with van der Waals surface area (Å²) in [6.45, 7) is 2.95. The van der Waals surface area contributed by atoms with Crippen molar-refractivity contribution in [2.75, 3.05) is 6.54 Å². The molecule has 0 spiro atoms. The van der Waals surface area contributed by atoms with Gasteiger partial charge in [0.1, 0.15) is 11.5 Å². The van der Waals surface area contributed by atoms with Gasteiger partial charge in [-0.25, -0.2) is 0 Å². The van der Waals surface area contributed by atoms with Gasteiger partial charge in [-0.2, -0.15) is 0 Å². The average molecular weight is 312 g/mol. The lowest BCUT2D eigenvalue weighted by Gasteiger charge is -2.23. The van der Waals surface area contributed by atoms with Gasteiger partial charge in [-0.15, -0.1) is 0 Å². The number of aromatic nitrogens is 1. The highest BCUT2D eigenvalue weighted by molar-refractivity contribution is 5.77. The van der Waals surface area contributed by atoms with E-state index in [1.807, 2.05) is 29.2 Å². The second-order valence-corrected chi connectivity index (χ2v) is 6.20. The molecule has 1 unspecified atom stereocenters. The molecule has 4 heteroatoms. The Bertz CT molecular complexity index is 636. The minimum Gasteiger partial charge on any atom is -0.361 e. The van der Waals surface area contributed by atoms with E-state index < -0.39 is 0 Å². The molecule has 2 aromatic rings. The molecular weight excluding hydrogens is 288 g/mol. The molecule has 1 aromatic carbocycles. The lowest BCUT2D eigenvalue weighted by Crippen LogP contribution is -2.30. The highest BCUT2D eigenvalue weighted by Crippen LogP contribution is 2.32. The molecule has 0 radical (unpaired) electrons. The van der Waals surface area contributed by atoms with E-state index in [1.165, 1.54) is 5.56 Å². The normalized spacial score (nSPS) is 17.6. The summed E-state index contributed by atoms with van der Waals surface area (Å²) in [6, 6.07) is 12.3. The van der Waals surface area contributed by atoms with Gasteiger partial charge in [0, 0.05) is 25.5 Å². The van der Waals surface area contributed by atoms with Crippen LogP contribution in [0, 0.1) is 0 Å². The van der Waals surface area contributed by atoms with Crippen LogP contribution in [0.25, 0.3) is 0 Å². The van der Waals surface area contributed by atoms with E-state index in [0.717, 1.165) is 50.1 Å². The van der Waals surface area contributed by atoms with Gasteiger partial charge in [0.2, 0.25) is 5.91 Å². The molecule has 4 nitrogen and oxygen atoms in total. The summed E-state index contributed by atoms with van der Waals surface area (Å²) in [6.07, 6.45) is 5.32. The van der Waals surface area contributed by atoms with E-state index in [0.29, 0.717) is 6.42 Å². The van der Waals surface area contributed by atoms with Gasteiger partial charge in [0.25, 0.3) is 0 Å². The summed E-state index contributed by atoms with van der Waals surface area (Å²) in [5.41, 5.74) is 2.13. The lowest BCUT2D eigenvalue weighted by molar-refractivity contribution is -0.132. The zero-order valence-electron chi connectivity index (χ0n) is 13.7. The Labute approximate surface area is 137 Å². The Morgan fingerprint density at radius 3 is 2.91 bits per heavy atom. The molecule has 1 amide bonds. The first-order valence-electron chi connectivity index (χ1n) is 8.57. The van der Waals surface area contributed by atoms with Crippen LogP contribution in [0.5, 0.6) is 0 Å². The third-order valence-corrected chi connectivity index (χ3v) is 4.46. The van der Waals surface area contributed by atoms with Crippen LogP contribution in [0.1, 0.15) is 55.7 Å². The monoisotopic (exact) mass is 312 g/mol. The Morgan fingerprint density at radius 1 is 1.30 bits per heavy atom. The van der Waals surface area contributed by atoms with Gasteiger partial charge in [0.05, 0.1) is 6.04 Å². The maximum Gasteiger partial charge on any atom is 0.223 e. The zero-order valence-corrected chi connectivity index (χ0v) is 13.7. The predicted molar refractivity (Wildman–Crippen MR) is 88.9 cm³/mol. The SMILES string of the molecule is CCCc1cc(C2CCCN2C(=O)CCc2ccccc2)no1. The van der Waals surface area contributed by atoms with Crippen LogP contribution in [-0.2, 0) is 17.6 Å². The summed E-state index contributed by atoms with van der Waals surface area (Å²) in [4.78, 5) is 14.6. The summed E-state index contributed by atoms with van der Waals surface area (Å²) >= 11 is 0. The molecule has 1 aromatic heterocycles. The number of likely N-dealkylation sites (tertiary alicyclic amines) is 1. The van der Waals surface area contributed by atoms with Crippen molar-refractivity contribution < 1.29 is 9.32 Å². The zero-order chi connectivity index (χ0) is 16.1. The van der Waals surface area contributed by atoms with E-state index in [2.05, 4.69) is 24.2 Å². The molecule has 3 rings (SSSR count). The van der Waals surface area contributed by atoms with E-state index in [9.17, 15) is 4.79 Å². The molecular formula is C19H24N2O2. The highest BCUT2D eigenvalue weighted by Gasteiger charge is 2.31. The van der Waals surface area contributed by atoms with E-state index in [-0.39, 0.29) is 11.9 Å². The molecule has 1 fully saturated rings. The fourth-order valence-corrected chi connectivity index (χ4v) is 3.26. The van der Waals surface area contributed by atoms with Gasteiger partial charge < -0.3 is 9.42 Å². The van der Waals surface area contributed by atoms with E-state index in [4.69, 9.17) is 4.52 Å². The number of rotatable bonds is 6. The van der Waals surface area contributed by atoms with Crippen molar-refractivity contribution in [3.63, 3.8) is 0 Å². The number of hydrogen-bond donors (Lipinski definition) is 0. The summed E-state index contributed by atoms with van der Waals surface area (Å²) in [7, 11) is 0. The van der Waals surface area contributed by atoms with Crippen molar-refractivity contribution in [1.29, 1.82) is 0 Å². The van der Waals surface area contributed by atoms with Crippen LogP contribution >= 0.6 is 0 Å². The third-order valence-electron chi connectivity index (χ3n) is 4.46. The molecule has 0 aliphatic carbocycles. The fourth-order valence-electron chi connectivity index (χ4n) is 3.26. The molecule has 122 valence electrons. The standard InChI is InChI=1S/C19H24N2O2/c1-2-7-16-14-17(20-23-16)18-10-6-13-21(18)19(22)12-11-15-8-4-3-5-9-15/h3-5,8-9,14,18H,2,6-7,10-13H2,1H3. The number of nitrogens with zero attached hydrogens (tertiary/aromatic N) is 2. The summed E-state index contributed by atoms with van der Waals surface area (Å²) in [5.74, 6) is 1.14. The highest BCUT2D eigenvalue weighted by atomic mass is 16.5. The number of benzene rings is 1. The first-order chi connectivity index (χ1) is 11.3. The van der Waals surface area contributed by atoms with Gasteiger partial charge in [0.15, 0.2) is 0 Å². The number of carbonyl (C=O) groups excluding carboxylic acids is 1. The quantitative estimate of drug-likeness (QED) is 0.812. The minimum atomic E-state index is 0.0904. The molecule has 1 atom stereocenters. The molecule has 1 saturated heterocycles. The molecule has 2 heterocycles. The van der Waals surface area contributed by atoms with Gasteiger partial charge in [-0.1, -0.05) is 42.4 Å². The van der Waals surface area contributed by atoms with Crippen LogP contribution in [0.15, 0.2) is 40.9 Å². The topological polar surface area (TPSA) is 46.3 Å². The maximum absolute atomic E-state index is 12.6. The maximum atomic E-state index is 12.6. The number of amides is 1. The van der Waals surface area contributed by atoms with E-state index >= 15 is 0 Å². The van der Waals surface area contributed by atoms with Crippen molar-refractivity contribution >= 4 is 5.91 Å². The molecule has 0 N–H and O–H groups in total. The minimum absolute atomic E-state index is 0.0904. The Hall–Kier alpha value is -2.10. The second kappa shape index (κ2) is 7.44. The first kappa shape index (κ1) is 15.8. The lowest BCUT2D eigenvalue weighted by atomic mass is 10.1. The third kappa shape index (κ3) is 3.81. The summed E-state index contributed by atoms with van der Waals surface area (Å²) in [5, 5.41) is 4.20. The van der Waals surface area contributed by atoms with Crippen molar-refractivity contribution in [1.82, 2.24) is 10.1 Å². The molecule has 1 aliphatic rings. The van der Waals surface area contributed by atoms with Crippen LogP contribution < -0.4 is 0 Å². The number of aryl methyl sites for hydroxylation is 2. The van der Waals surface area contributed by atoms with Crippen LogP contribution in [0.3, 0.4) is 0 Å². The fraction of sp³-hybridized carbons (Fsp3) is 0.474. The summed E-state index contributed by atoms with van der Waals surface area (Å²) < 4.78 is 5.39. The van der Waals surface area contributed by atoms with Crippen molar-refractivity contribution in [3.8, 4) is 0 Å². The molecule has 23 heavy (non-hydrogen) atoms. The molecule has 0 bridgehead atoms. The smallest absolute Gasteiger partial charge is 0.223 e. The van der Waals surface area contributed by atoms with E-state index in [1.54, 1.807) is 0 Å². The Balaban J connectivity index is 1.62. The molecule has 1 aliphatic heterocycles. The second-order valence-electron chi connectivity index (χ2n) is 6.20. The molecule has 0 saturated carbocycles. The van der Waals surface area contributed by atoms with Crippen LogP contribution in [0.4, 0.5) is 0 Å². The largest absolute Gasteiger partial charge is 0.361 e. The Kier molecular flexibility index (Phi) is 5.11. The first-order valence-corrected chi connectivity index (χ1v) is 8.57. The van der Waals surface area contributed by atoms with Crippen molar-refractivity contribution in [3.05, 3.63) is 53.4 Å². The van der Waals surface area contributed by atoms with Gasteiger partial charge in [-0.3, -0.25) is 4.79 Å². The number of carbonyl (C=O) groups is 1. The van der Waals surface area contributed by atoms with Crippen LogP contribution in [0.2, 0.25) is 0 Å². The van der Waals surface area contributed by atoms with Crippen molar-refractivity contribution in [2.24, 2.45) is 0 Å².